The van der Waals surface area contributed by atoms with Gasteiger partial charge in [-0.2, -0.15) is 13.2 Å². The minimum atomic E-state index is -4.85. The van der Waals surface area contributed by atoms with E-state index in [9.17, 15) is 22.8 Å². The topological polar surface area (TPSA) is 69.6 Å². The molecule has 1 fully saturated rings. The summed E-state index contributed by atoms with van der Waals surface area (Å²) in [4.78, 5) is 23.3. The smallest absolute Gasteiger partial charge is 0.396 e. The number of rotatable bonds is 4. The Balaban J connectivity index is 2.36. The van der Waals surface area contributed by atoms with Crippen LogP contribution in [-0.2, 0) is 9.59 Å². The molecule has 5 nitrogen and oxygen atoms in total. The second-order valence-corrected chi connectivity index (χ2v) is 4.43. The summed E-state index contributed by atoms with van der Waals surface area (Å²) in [5.41, 5.74) is 0. The van der Waals surface area contributed by atoms with Crippen LogP contribution in [0.1, 0.15) is 19.3 Å². The summed E-state index contributed by atoms with van der Waals surface area (Å²) in [7, 11) is 0. The molecule has 2 amide bonds. The lowest BCUT2D eigenvalue weighted by Crippen LogP contribution is -2.47. The zero-order valence-electron chi connectivity index (χ0n) is 10.4. The predicted octanol–water partition coefficient (Wildman–Crippen LogP) is 0.286. The molecule has 1 aliphatic heterocycles. The van der Waals surface area contributed by atoms with Crippen molar-refractivity contribution in [2.24, 2.45) is 5.92 Å². The number of hydrogen-bond acceptors (Lipinski definition) is 3. The maximum absolute atomic E-state index is 12.2. The first-order valence-corrected chi connectivity index (χ1v) is 6.11. The molecule has 0 aromatic carbocycles. The average molecular weight is 282 g/mol. The second-order valence-electron chi connectivity index (χ2n) is 4.43. The fraction of sp³-hybridized carbons (Fsp3) is 0.818. The van der Waals surface area contributed by atoms with Gasteiger partial charge in [0, 0.05) is 32.2 Å². The van der Waals surface area contributed by atoms with Crippen molar-refractivity contribution in [3.8, 4) is 0 Å². The molecule has 0 bridgehead atoms. The molecule has 1 saturated heterocycles. The number of alkyl halides is 3. The maximum atomic E-state index is 12.2. The number of nitrogens with zero attached hydrogens (tertiary/aromatic N) is 1. The molecule has 19 heavy (non-hydrogen) atoms. The van der Waals surface area contributed by atoms with E-state index in [0.717, 1.165) is 4.90 Å². The Morgan fingerprint density at radius 2 is 1.84 bits per heavy atom. The minimum Gasteiger partial charge on any atom is -0.396 e. The van der Waals surface area contributed by atoms with Crippen molar-refractivity contribution in [1.29, 1.82) is 0 Å². The lowest BCUT2D eigenvalue weighted by Gasteiger charge is -2.31. The van der Waals surface area contributed by atoms with Gasteiger partial charge in [-0.3, -0.25) is 9.59 Å². The maximum Gasteiger partial charge on any atom is 0.471 e. The fourth-order valence-electron chi connectivity index (χ4n) is 1.96. The van der Waals surface area contributed by atoms with E-state index < -0.39 is 12.1 Å². The number of carbonyl (C=O) groups is 2. The normalized spacial score (nSPS) is 17.4. The number of piperidine rings is 1. The molecular weight excluding hydrogens is 265 g/mol. The molecule has 1 heterocycles. The highest BCUT2D eigenvalue weighted by atomic mass is 19.4. The van der Waals surface area contributed by atoms with Gasteiger partial charge in [0.1, 0.15) is 0 Å². The first-order valence-electron chi connectivity index (χ1n) is 6.11. The van der Waals surface area contributed by atoms with Gasteiger partial charge in [-0.1, -0.05) is 0 Å². The molecule has 2 N–H and O–H groups in total. The Bertz CT molecular complexity index is 326. The van der Waals surface area contributed by atoms with E-state index in [1.54, 1.807) is 0 Å². The third kappa shape index (κ3) is 4.70. The number of carbonyl (C=O) groups excluding carboxylic acids is 2. The van der Waals surface area contributed by atoms with Crippen molar-refractivity contribution in [3.05, 3.63) is 0 Å². The van der Waals surface area contributed by atoms with Crippen LogP contribution in [0.5, 0.6) is 0 Å². The average Bonchev–Trinajstić information content (AvgIpc) is 2.37. The first-order chi connectivity index (χ1) is 8.86. The zero-order valence-corrected chi connectivity index (χ0v) is 10.4. The fourth-order valence-corrected chi connectivity index (χ4v) is 1.96. The molecule has 0 spiro atoms. The van der Waals surface area contributed by atoms with Crippen LogP contribution in [0.25, 0.3) is 0 Å². The Kier molecular flexibility index (Phi) is 5.59. The van der Waals surface area contributed by atoms with Gasteiger partial charge in [-0.05, 0) is 19.3 Å². The van der Waals surface area contributed by atoms with Gasteiger partial charge in [0.2, 0.25) is 5.91 Å². The molecule has 110 valence electrons. The number of aliphatic hydroxyl groups excluding tert-OH is 1. The van der Waals surface area contributed by atoms with Crippen LogP contribution in [-0.4, -0.2) is 54.2 Å². The zero-order chi connectivity index (χ0) is 14.5. The number of amides is 2. The van der Waals surface area contributed by atoms with Crippen molar-refractivity contribution >= 4 is 11.8 Å². The molecule has 1 aliphatic rings. The first kappa shape index (κ1) is 15.7. The van der Waals surface area contributed by atoms with Gasteiger partial charge in [0.25, 0.3) is 0 Å². The van der Waals surface area contributed by atoms with Crippen LogP contribution in [0.2, 0.25) is 0 Å². The Morgan fingerprint density at radius 3 is 2.32 bits per heavy atom. The van der Waals surface area contributed by atoms with E-state index in [1.807, 2.05) is 0 Å². The summed E-state index contributed by atoms with van der Waals surface area (Å²) in [6.45, 7) is 0.197. The second kappa shape index (κ2) is 6.74. The van der Waals surface area contributed by atoms with Crippen LogP contribution in [0, 0.1) is 5.92 Å². The third-order valence-electron chi connectivity index (χ3n) is 3.03. The minimum absolute atomic E-state index is 0.0290. The van der Waals surface area contributed by atoms with Gasteiger partial charge in [-0.25, -0.2) is 0 Å². The van der Waals surface area contributed by atoms with Crippen molar-refractivity contribution in [2.75, 3.05) is 26.2 Å². The summed E-state index contributed by atoms with van der Waals surface area (Å²) in [5.74, 6) is -2.44. The number of aliphatic hydroxyl groups is 1. The lowest BCUT2D eigenvalue weighted by molar-refractivity contribution is -0.186. The van der Waals surface area contributed by atoms with Gasteiger partial charge in [0.15, 0.2) is 0 Å². The van der Waals surface area contributed by atoms with Crippen molar-refractivity contribution < 1.29 is 27.9 Å². The summed E-state index contributed by atoms with van der Waals surface area (Å²) in [6.07, 6.45) is -3.95. The van der Waals surface area contributed by atoms with Crippen molar-refractivity contribution in [2.45, 2.75) is 25.4 Å². The van der Waals surface area contributed by atoms with Crippen LogP contribution in [0.15, 0.2) is 0 Å². The third-order valence-corrected chi connectivity index (χ3v) is 3.03. The van der Waals surface area contributed by atoms with Gasteiger partial charge in [-0.15, -0.1) is 0 Å². The number of halogens is 3. The van der Waals surface area contributed by atoms with E-state index in [0.29, 0.717) is 13.0 Å². The molecule has 0 aliphatic carbocycles. The lowest BCUT2D eigenvalue weighted by atomic mass is 9.96. The molecule has 0 radical (unpaired) electrons. The van der Waals surface area contributed by atoms with Crippen molar-refractivity contribution in [3.63, 3.8) is 0 Å². The molecule has 0 aromatic rings. The molecule has 1 rings (SSSR count). The highest BCUT2D eigenvalue weighted by Crippen LogP contribution is 2.23. The summed E-state index contributed by atoms with van der Waals surface area (Å²) >= 11 is 0. The standard InChI is InChI=1S/C11H17F3N2O3/c12-11(13,14)10(19)16-5-2-8(3-6-16)9(18)15-4-1-7-17/h8,17H,1-7H2,(H,15,18). The quantitative estimate of drug-likeness (QED) is 0.728. The van der Waals surface area contributed by atoms with Crippen LogP contribution in [0.4, 0.5) is 13.2 Å². The largest absolute Gasteiger partial charge is 0.471 e. The Hall–Kier alpha value is -1.31. The SMILES string of the molecule is O=C(NCCCO)C1CCN(C(=O)C(F)(F)F)CC1. The molecular formula is C11H17F3N2O3. The van der Waals surface area contributed by atoms with Crippen LogP contribution < -0.4 is 5.32 Å². The van der Waals surface area contributed by atoms with Gasteiger partial charge in [0.05, 0.1) is 0 Å². The Morgan fingerprint density at radius 1 is 1.26 bits per heavy atom. The van der Waals surface area contributed by atoms with E-state index in [-0.39, 0.29) is 44.4 Å². The molecule has 0 aromatic heterocycles. The monoisotopic (exact) mass is 282 g/mol. The van der Waals surface area contributed by atoms with Gasteiger partial charge >= 0.3 is 12.1 Å². The van der Waals surface area contributed by atoms with Crippen LogP contribution in [0.3, 0.4) is 0 Å². The summed E-state index contributed by atoms with van der Waals surface area (Å²) < 4.78 is 36.6. The number of hydrogen-bond donors (Lipinski definition) is 2. The van der Waals surface area contributed by atoms with Crippen molar-refractivity contribution in [1.82, 2.24) is 10.2 Å². The van der Waals surface area contributed by atoms with E-state index in [4.69, 9.17) is 5.11 Å². The molecule has 0 unspecified atom stereocenters. The van der Waals surface area contributed by atoms with Gasteiger partial charge < -0.3 is 15.3 Å². The summed E-state index contributed by atoms with van der Waals surface area (Å²) in [6, 6.07) is 0. The highest BCUT2D eigenvalue weighted by Gasteiger charge is 2.43. The number of nitrogens with one attached hydrogen (secondary N) is 1. The molecule has 8 heteroatoms. The highest BCUT2D eigenvalue weighted by molar-refractivity contribution is 5.83. The van der Waals surface area contributed by atoms with E-state index in [2.05, 4.69) is 5.32 Å². The Labute approximate surface area is 108 Å². The van der Waals surface area contributed by atoms with E-state index >= 15 is 0 Å². The van der Waals surface area contributed by atoms with Crippen LogP contribution >= 0.6 is 0 Å². The number of likely N-dealkylation sites (tertiary alicyclic amines) is 1. The molecule has 0 saturated carbocycles. The molecule has 0 atom stereocenters. The summed E-state index contributed by atoms with van der Waals surface area (Å²) in [5, 5.41) is 11.2. The predicted molar refractivity (Wildman–Crippen MR) is 60.1 cm³/mol. The van der Waals surface area contributed by atoms with E-state index in [1.165, 1.54) is 0 Å².